The molecular weight excluding hydrogens is 250 g/mol. The third kappa shape index (κ3) is 5.04. The average Bonchev–Trinajstić information content (AvgIpc) is 2.47. The van der Waals surface area contributed by atoms with E-state index in [0.717, 1.165) is 29.8 Å². The highest BCUT2D eigenvalue weighted by Crippen LogP contribution is 2.28. The summed E-state index contributed by atoms with van der Waals surface area (Å²) in [5, 5.41) is 3.55. The van der Waals surface area contributed by atoms with Crippen LogP contribution in [0.5, 0.6) is 5.75 Å². The molecule has 0 aromatic heterocycles. The van der Waals surface area contributed by atoms with E-state index in [0.29, 0.717) is 13.2 Å². The smallest absolute Gasteiger partial charge is 0.121 e. The number of rotatable bonds is 7. The van der Waals surface area contributed by atoms with Crippen molar-refractivity contribution in [3.05, 3.63) is 24.3 Å². The van der Waals surface area contributed by atoms with Gasteiger partial charge >= 0.3 is 0 Å². The van der Waals surface area contributed by atoms with Gasteiger partial charge in [-0.3, -0.25) is 0 Å². The maximum atomic E-state index is 5.63. The van der Waals surface area contributed by atoms with Gasteiger partial charge in [-0.25, -0.2) is 0 Å². The van der Waals surface area contributed by atoms with Crippen molar-refractivity contribution in [2.24, 2.45) is 11.8 Å². The summed E-state index contributed by atoms with van der Waals surface area (Å²) in [7, 11) is 1.69. The van der Waals surface area contributed by atoms with E-state index < -0.39 is 0 Å². The van der Waals surface area contributed by atoms with Gasteiger partial charge in [0.05, 0.1) is 6.61 Å². The third-order valence-corrected chi connectivity index (χ3v) is 4.12. The summed E-state index contributed by atoms with van der Waals surface area (Å²) in [6.45, 7) is 4.66. The molecule has 0 atom stereocenters. The van der Waals surface area contributed by atoms with Crippen LogP contribution in [0.15, 0.2) is 24.3 Å². The molecule has 0 spiro atoms. The lowest BCUT2D eigenvalue weighted by molar-refractivity contribution is 0.146. The van der Waals surface area contributed by atoms with Gasteiger partial charge in [-0.2, -0.15) is 0 Å². The first kappa shape index (κ1) is 15.2. The summed E-state index contributed by atoms with van der Waals surface area (Å²) in [6.07, 6.45) is 5.48. The summed E-state index contributed by atoms with van der Waals surface area (Å²) in [6, 6.07) is 8.20. The molecule has 0 aliphatic heterocycles. The zero-order chi connectivity index (χ0) is 14.2. The van der Waals surface area contributed by atoms with Gasteiger partial charge in [0.15, 0.2) is 0 Å². The first-order chi connectivity index (χ1) is 9.78. The lowest BCUT2D eigenvalue weighted by Crippen LogP contribution is -2.20. The van der Waals surface area contributed by atoms with E-state index in [2.05, 4.69) is 24.4 Å². The molecule has 2 rings (SSSR count). The molecule has 1 aromatic rings. The molecule has 0 radical (unpaired) electrons. The normalized spacial score (nSPS) is 22.5. The Labute approximate surface area is 122 Å². The number of anilines is 1. The zero-order valence-electron chi connectivity index (χ0n) is 12.7. The number of nitrogens with one attached hydrogen (secondary N) is 1. The van der Waals surface area contributed by atoms with Crippen LogP contribution in [0.25, 0.3) is 0 Å². The van der Waals surface area contributed by atoms with Crippen molar-refractivity contribution in [1.29, 1.82) is 0 Å². The van der Waals surface area contributed by atoms with Gasteiger partial charge in [0.25, 0.3) is 0 Å². The number of ether oxygens (including phenoxy) is 2. The minimum absolute atomic E-state index is 0.598. The van der Waals surface area contributed by atoms with E-state index in [1.54, 1.807) is 7.11 Å². The Balaban J connectivity index is 1.76. The predicted molar refractivity (Wildman–Crippen MR) is 83.4 cm³/mol. The monoisotopic (exact) mass is 277 g/mol. The van der Waals surface area contributed by atoms with Gasteiger partial charge < -0.3 is 14.8 Å². The van der Waals surface area contributed by atoms with E-state index >= 15 is 0 Å². The molecule has 1 N–H and O–H groups in total. The number of methoxy groups -OCH3 is 1. The number of hydrogen-bond donors (Lipinski definition) is 1. The molecule has 0 amide bonds. The van der Waals surface area contributed by atoms with Crippen LogP contribution < -0.4 is 10.1 Å². The third-order valence-electron chi connectivity index (χ3n) is 4.12. The molecule has 112 valence electrons. The maximum Gasteiger partial charge on any atom is 0.121 e. The molecule has 20 heavy (non-hydrogen) atoms. The van der Waals surface area contributed by atoms with Crippen molar-refractivity contribution < 1.29 is 9.47 Å². The Kier molecular flexibility index (Phi) is 6.19. The summed E-state index contributed by atoms with van der Waals surface area (Å²) < 4.78 is 10.6. The molecule has 1 fully saturated rings. The molecule has 0 bridgehead atoms. The van der Waals surface area contributed by atoms with Crippen LogP contribution in [0.3, 0.4) is 0 Å². The fraction of sp³-hybridized carbons (Fsp3) is 0.647. The number of benzene rings is 1. The molecule has 0 saturated heterocycles. The first-order valence-corrected chi connectivity index (χ1v) is 7.73. The second-order valence-corrected chi connectivity index (χ2v) is 5.88. The van der Waals surface area contributed by atoms with Gasteiger partial charge in [-0.1, -0.05) is 25.8 Å². The number of hydrogen-bond acceptors (Lipinski definition) is 3. The lowest BCUT2D eigenvalue weighted by atomic mass is 9.83. The topological polar surface area (TPSA) is 30.5 Å². The first-order valence-electron chi connectivity index (χ1n) is 7.73. The van der Waals surface area contributed by atoms with Crippen LogP contribution >= 0.6 is 0 Å². The predicted octanol–water partition coefficient (Wildman–Crippen LogP) is 3.95. The highest BCUT2D eigenvalue weighted by molar-refractivity contribution is 5.48. The van der Waals surface area contributed by atoms with E-state index in [-0.39, 0.29) is 0 Å². The Bertz CT molecular complexity index is 386. The van der Waals surface area contributed by atoms with Crippen molar-refractivity contribution in [2.45, 2.75) is 32.6 Å². The van der Waals surface area contributed by atoms with Crippen molar-refractivity contribution in [1.82, 2.24) is 0 Å². The summed E-state index contributed by atoms with van der Waals surface area (Å²) in [5.41, 5.74) is 1.15. The average molecular weight is 277 g/mol. The fourth-order valence-corrected chi connectivity index (χ4v) is 2.73. The Hall–Kier alpha value is -1.22. The van der Waals surface area contributed by atoms with Crippen LogP contribution in [0.1, 0.15) is 32.6 Å². The van der Waals surface area contributed by atoms with Gasteiger partial charge in [0, 0.05) is 25.4 Å². The fourth-order valence-electron chi connectivity index (χ4n) is 2.73. The van der Waals surface area contributed by atoms with Gasteiger partial charge in [0.1, 0.15) is 12.4 Å². The van der Waals surface area contributed by atoms with E-state index in [4.69, 9.17) is 9.47 Å². The summed E-state index contributed by atoms with van der Waals surface area (Å²) >= 11 is 0. The Morgan fingerprint density at radius 2 is 1.95 bits per heavy atom. The maximum absolute atomic E-state index is 5.63. The molecule has 1 saturated carbocycles. The van der Waals surface area contributed by atoms with Gasteiger partial charge in [-0.15, -0.1) is 0 Å². The molecule has 0 unspecified atom stereocenters. The quantitative estimate of drug-likeness (QED) is 0.765. The highest BCUT2D eigenvalue weighted by atomic mass is 16.5. The molecule has 1 aliphatic rings. The van der Waals surface area contributed by atoms with E-state index in [9.17, 15) is 0 Å². The largest absolute Gasteiger partial charge is 0.491 e. The second-order valence-electron chi connectivity index (χ2n) is 5.88. The molecule has 3 heteroatoms. The van der Waals surface area contributed by atoms with Crippen molar-refractivity contribution >= 4 is 5.69 Å². The van der Waals surface area contributed by atoms with Crippen molar-refractivity contribution in [2.75, 3.05) is 32.2 Å². The summed E-state index contributed by atoms with van der Waals surface area (Å²) in [5.74, 6) is 2.65. The molecule has 1 aliphatic carbocycles. The van der Waals surface area contributed by atoms with Crippen LogP contribution in [-0.2, 0) is 4.74 Å². The molecule has 0 heterocycles. The second kappa shape index (κ2) is 8.15. The molecule has 3 nitrogen and oxygen atoms in total. The van der Waals surface area contributed by atoms with Gasteiger partial charge in [0.2, 0.25) is 0 Å². The van der Waals surface area contributed by atoms with Gasteiger partial charge in [-0.05, 0) is 36.8 Å². The minimum atomic E-state index is 0.598. The van der Waals surface area contributed by atoms with Crippen LogP contribution in [0.2, 0.25) is 0 Å². The van der Waals surface area contributed by atoms with Crippen LogP contribution in [-0.4, -0.2) is 26.9 Å². The van der Waals surface area contributed by atoms with Crippen molar-refractivity contribution in [3.8, 4) is 5.75 Å². The van der Waals surface area contributed by atoms with Crippen molar-refractivity contribution in [3.63, 3.8) is 0 Å². The Morgan fingerprint density at radius 3 is 2.70 bits per heavy atom. The zero-order valence-corrected chi connectivity index (χ0v) is 12.7. The minimum Gasteiger partial charge on any atom is -0.491 e. The SMILES string of the molecule is COCCOc1cccc(NCC2CCC(C)CC2)c1. The van der Waals surface area contributed by atoms with Crippen LogP contribution in [0.4, 0.5) is 5.69 Å². The molecular formula is C17H27NO2. The highest BCUT2D eigenvalue weighted by Gasteiger charge is 2.17. The standard InChI is InChI=1S/C17H27NO2/c1-14-6-8-15(9-7-14)13-18-16-4-3-5-17(12-16)20-11-10-19-2/h3-5,12,14-15,18H,6-11,13H2,1-2H3. The Morgan fingerprint density at radius 1 is 1.15 bits per heavy atom. The lowest BCUT2D eigenvalue weighted by Gasteiger charge is -2.26. The van der Waals surface area contributed by atoms with E-state index in [1.807, 2.05) is 12.1 Å². The van der Waals surface area contributed by atoms with Crippen LogP contribution in [0, 0.1) is 11.8 Å². The summed E-state index contributed by atoms with van der Waals surface area (Å²) in [4.78, 5) is 0. The van der Waals surface area contributed by atoms with E-state index in [1.165, 1.54) is 25.7 Å². The molecule has 1 aromatic carbocycles.